The van der Waals surface area contributed by atoms with E-state index in [0.29, 0.717) is 6.54 Å². The second-order valence-electron chi connectivity index (χ2n) is 3.79. The van der Waals surface area contributed by atoms with Crippen molar-refractivity contribution in [3.63, 3.8) is 0 Å². The van der Waals surface area contributed by atoms with Crippen molar-refractivity contribution in [2.45, 2.75) is 40.5 Å². The molecule has 1 nitrogen and oxygen atoms in total. The molecule has 0 heterocycles. The van der Waals surface area contributed by atoms with E-state index in [9.17, 15) is 0 Å². The molecular weight excluding hydrogens is 218 g/mol. The molecule has 0 aliphatic heterocycles. The molecule has 0 radical (unpaired) electrons. The molecular formula is C17H21N. The standard InChI is InChI=1S/C17H21N/c1-5-7-8-9-10-14-17(4)18-15-11-13-16(3)12-6-2/h5,7,16H,8,14-15H2,1-4H3/b7-5-,18-17?. The Kier molecular flexibility index (Phi) is 10.3. The predicted octanol–water partition coefficient (Wildman–Crippen LogP) is 3.47. The fraction of sp³-hybridized carbons (Fsp3) is 0.471. The number of rotatable bonds is 3. The lowest BCUT2D eigenvalue weighted by Gasteiger charge is -1.91. The van der Waals surface area contributed by atoms with Gasteiger partial charge in [0.05, 0.1) is 12.5 Å². The Bertz CT molecular complexity index is 461. The summed E-state index contributed by atoms with van der Waals surface area (Å²) in [6, 6.07) is 0. The number of nitrogens with zero attached hydrogens (tertiary/aromatic N) is 1. The molecule has 0 aromatic rings. The van der Waals surface area contributed by atoms with Crippen LogP contribution in [0.4, 0.5) is 0 Å². The molecule has 1 heteroatoms. The SMILES string of the molecule is CC#CC(C)C#CCN=C(C)CC#CC/C=C\C. The summed E-state index contributed by atoms with van der Waals surface area (Å²) >= 11 is 0. The lowest BCUT2D eigenvalue weighted by molar-refractivity contribution is 1.02. The van der Waals surface area contributed by atoms with Crippen LogP contribution in [-0.4, -0.2) is 12.3 Å². The summed E-state index contributed by atoms with van der Waals surface area (Å²) in [4.78, 5) is 4.35. The van der Waals surface area contributed by atoms with E-state index in [4.69, 9.17) is 0 Å². The zero-order chi connectivity index (χ0) is 13.6. The minimum absolute atomic E-state index is 0.131. The van der Waals surface area contributed by atoms with Gasteiger partial charge in [0.25, 0.3) is 0 Å². The van der Waals surface area contributed by atoms with Gasteiger partial charge in [-0.3, -0.25) is 4.99 Å². The van der Waals surface area contributed by atoms with Crippen LogP contribution in [-0.2, 0) is 0 Å². The second kappa shape index (κ2) is 11.6. The van der Waals surface area contributed by atoms with E-state index in [-0.39, 0.29) is 5.92 Å². The molecule has 1 atom stereocenters. The second-order valence-corrected chi connectivity index (χ2v) is 3.79. The van der Waals surface area contributed by atoms with Crippen LogP contribution >= 0.6 is 0 Å². The minimum atomic E-state index is 0.131. The Morgan fingerprint density at radius 3 is 2.67 bits per heavy atom. The lowest BCUT2D eigenvalue weighted by Crippen LogP contribution is -1.91. The summed E-state index contributed by atoms with van der Waals surface area (Å²) in [6.07, 6.45) is 5.59. The van der Waals surface area contributed by atoms with Crippen molar-refractivity contribution in [1.29, 1.82) is 0 Å². The summed E-state index contributed by atoms with van der Waals surface area (Å²) in [5.41, 5.74) is 1.03. The molecule has 0 amide bonds. The smallest absolute Gasteiger partial charge is 0.0997 e. The van der Waals surface area contributed by atoms with Crippen molar-refractivity contribution in [3.05, 3.63) is 12.2 Å². The number of hydrogen-bond donors (Lipinski definition) is 0. The number of hydrogen-bond acceptors (Lipinski definition) is 1. The van der Waals surface area contributed by atoms with Crippen LogP contribution in [0.1, 0.15) is 40.5 Å². The van der Waals surface area contributed by atoms with Gasteiger partial charge in [-0.1, -0.05) is 41.8 Å². The predicted molar refractivity (Wildman–Crippen MR) is 80.2 cm³/mol. The fourth-order valence-electron chi connectivity index (χ4n) is 1.12. The van der Waals surface area contributed by atoms with Crippen LogP contribution in [0, 0.1) is 41.4 Å². The van der Waals surface area contributed by atoms with E-state index in [2.05, 4.69) is 40.5 Å². The van der Waals surface area contributed by atoms with Gasteiger partial charge in [0.15, 0.2) is 0 Å². The molecule has 0 aliphatic rings. The minimum Gasteiger partial charge on any atom is -0.281 e. The van der Waals surface area contributed by atoms with E-state index in [1.807, 2.05) is 39.8 Å². The van der Waals surface area contributed by atoms with Gasteiger partial charge in [-0.2, -0.15) is 0 Å². The van der Waals surface area contributed by atoms with Gasteiger partial charge in [-0.25, -0.2) is 0 Å². The van der Waals surface area contributed by atoms with Gasteiger partial charge in [0.1, 0.15) is 0 Å². The molecule has 0 aromatic heterocycles. The quantitative estimate of drug-likeness (QED) is 0.406. The summed E-state index contributed by atoms with van der Waals surface area (Å²) in [7, 11) is 0. The monoisotopic (exact) mass is 239 g/mol. The molecule has 0 aromatic carbocycles. The molecule has 18 heavy (non-hydrogen) atoms. The third-order valence-electron chi connectivity index (χ3n) is 2.03. The first-order chi connectivity index (χ1) is 8.70. The maximum atomic E-state index is 4.35. The normalized spacial score (nSPS) is 11.7. The molecule has 0 saturated carbocycles. The molecule has 0 fully saturated rings. The van der Waals surface area contributed by atoms with Gasteiger partial charge in [0, 0.05) is 18.6 Å². The molecule has 0 bridgehead atoms. The highest BCUT2D eigenvalue weighted by molar-refractivity contribution is 5.84. The number of aliphatic imine (C=N–C) groups is 1. The van der Waals surface area contributed by atoms with Crippen molar-refractivity contribution < 1.29 is 0 Å². The molecule has 1 unspecified atom stereocenters. The van der Waals surface area contributed by atoms with E-state index in [1.165, 1.54) is 0 Å². The first-order valence-electron chi connectivity index (χ1n) is 6.18. The maximum absolute atomic E-state index is 4.35. The van der Waals surface area contributed by atoms with Crippen molar-refractivity contribution in [3.8, 4) is 35.5 Å². The highest BCUT2D eigenvalue weighted by Crippen LogP contribution is 1.89. The van der Waals surface area contributed by atoms with E-state index >= 15 is 0 Å². The van der Waals surface area contributed by atoms with Crippen molar-refractivity contribution in [2.24, 2.45) is 10.9 Å². The van der Waals surface area contributed by atoms with Gasteiger partial charge < -0.3 is 0 Å². The summed E-state index contributed by atoms with van der Waals surface area (Å²) in [5, 5.41) is 0. The van der Waals surface area contributed by atoms with Crippen LogP contribution in [0.3, 0.4) is 0 Å². The first kappa shape index (κ1) is 16.1. The van der Waals surface area contributed by atoms with E-state index in [0.717, 1.165) is 18.6 Å². The average Bonchev–Trinajstić information content (AvgIpc) is 2.35. The Morgan fingerprint density at radius 2 is 2.00 bits per heavy atom. The average molecular weight is 239 g/mol. The molecule has 94 valence electrons. The van der Waals surface area contributed by atoms with Gasteiger partial charge in [-0.05, 0) is 27.7 Å². The Labute approximate surface area is 112 Å². The van der Waals surface area contributed by atoms with Gasteiger partial charge >= 0.3 is 0 Å². The first-order valence-corrected chi connectivity index (χ1v) is 6.18. The topological polar surface area (TPSA) is 12.4 Å². The largest absolute Gasteiger partial charge is 0.281 e. The molecule has 0 saturated heterocycles. The van der Waals surface area contributed by atoms with E-state index in [1.54, 1.807) is 0 Å². The Hall–Kier alpha value is -1.91. The van der Waals surface area contributed by atoms with E-state index < -0.39 is 0 Å². The third kappa shape index (κ3) is 10.6. The Morgan fingerprint density at radius 1 is 1.22 bits per heavy atom. The summed E-state index contributed by atoms with van der Waals surface area (Å²) < 4.78 is 0. The van der Waals surface area contributed by atoms with Crippen LogP contribution in [0.25, 0.3) is 0 Å². The van der Waals surface area contributed by atoms with Gasteiger partial charge in [-0.15, -0.1) is 5.92 Å². The van der Waals surface area contributed by atoms with Crippen LogP contribution in [0.2, 0.25) is 0 Å². The van der Waals surface area contributed by atoms with Crippen molar-refractivity contribution in [1.82, 2.24) is 0 Å². The number of allylic oxidation sites excluding steroid dienone is 2. The maximum Gasteiger partial charge on any atom is 0.0997 e. The van der Waals surface area contributed by atoms with Crippen LogP contribution in [0.5, 0.6) is 0 Å². The molecule has 0 aliphatic carbocycles. The highest BCUT2D eigenvalue weighted by Gasteiger charge is 1.87. The molecule has 0 spiro atoms. The summed E-state index contributed by atoms with van der Waals surface area (Å²) in [6.45, 7) is 8.34. The highest BCUT2D eigenvalue weighted by atomic mass is 14.7. The zero-order valence-corrected chi connectivity index (χ0v) is 11.8. The third-order valence-corrected chi connectivity index (χ3v) is 2.03. The van der Waals surface area contributed by atoms with Crippen molar-refractivity contribution >= 4 is 5.71 Å². The zero-order valence-electron chi connectivity index (χ0n) is 11.8. The fourth-order valence-corrected chi connectivity index (χ4v) is 1.12. The summed E-state index contributed by atoms with van der Waals surface area (Å²) in [5.74, 6) is 18.2. The van der Waals surface area contributed by atoms with Crippen LogP contribution in [0.15, 0.2) is 17.1 Å². The lowest BCUT2D eigenvalue weighted by atomic mass is 10.2. The van der Waals surface area contributed by atoms with Crippen molar-refractivity contribution in [2.75, 3.05) is 6.54 Å². The Balaban J connectivity index is 4.02. The van der Waals surface area contributed by atoms with Gasteiger partial charge in [0.2, 0.25) is 0 Å². The molecule has 0 N–H and O–H groups in total. The van der Waals surface area contributed by atoms with Crippen LogP contribution < -0.4 is 0 Å². The molecule has 0 rings (SSSR count).